The predicted octanol–water partition coefficient (Wildman–Crippen LogP) is 1.21. The number of fused-ring (bicyclic) bond motifs is 2. The highest BCUT2D eigenvalue weighted by atomic mass is 16.2. The SMILES string of the molecule is [B]C([B])([B])c1cc(Nc2cc(N)ncn2)c(=O)n2c1C(=O)NC21CCC2(CC1)CC2C(C)C. The number of anilines is 3. The molecule has 4 N–H and O–H groups in total. The van der Waals surface area contributed by atoms with Gasteiger partial charge >= 0.3 is 0 Å². The molecule has 2 aromatic rings. The maximum atomic E-state index is 13.7. The lowest BCUT2D eigenvalue weighted by Gasteiger charge is -2.40. The minimum Gasteiger partial charge on any atom is -0.384 e. The fourth-order valence-electron chi connectivity index (χ4n) is 5.98. The van der Waals surface area contributed by atoms with Crippen LogP contribution in [0.2, 0.25) is 0 Å². The normalized spacial score (nSPS) is 28.2. The zero-order valence-electron chi connectivity index (χ0n) is 18.9. The molecule has 2 saturated carbocycles. The van der Waals surface area contributed by atoms with E-state index in [1.54, 1.807) is 0 Å². The van der Waals surface area contributed by atoms with Gasteiger partial charge in [0.25, 0.3) is 11.5 Å². The van der Waals surface area contributed by atoms with E-state index < -0.39 is 16.7 Å². The van der Waals surface area contributed by atoms with Gasteiger partial charge in [-0.2, -0.15) is 0 Å². The van der Waals surface area contributed by atoms with Gasteiger partial charge in [0.2, 0.25) is 0 Å². The Morgan fingerprint density at radius 1 is 1.18 bits per heavy atom. The summed E-state index contributed by atoms with van der Waals surface area (Å²) in [5.41, 5.74) is 5.30. The molecule has 164 valence electrons. The number of aromatic nitrogens is 3. The van der Waals surface area contributed by atoms with Gasteiger partial charge in [0.05, 0.1) is 23.5 Å². The largest absolute Gasteiger partial charge is 0.384 e. The highest BCUT2D eigenvalue weighted by Crippen LogP contribution is 2.66. The van der Waals surface area contributed by atoms with Gasteiger partial charge in [-0.25, -0.2) is 9.97 Å². The van der Waals surface area contributed by atoms with E-state index in [4.69, 9.17) is 29.3 Å². The number of hydrogen-bond donors (Lipinski definition) is 3. The van der Waals surface area contributed by atoms with Crippen LogP contribution in [0.5, 0.6) is 0 Å². The fraction of sp³-hybridized carbons (Fsp3) is 0.545. The minimum absolute atomic E-state index is 0.118. The molecule has 2 spiro atoms. The number of rotatable bonds is 4. The maximum Gasteiger partial charge on any atom is 0.276 e. The average molecular weight is 438 g/mol. The molecule has 0 aromatic carbocycles. The number of hydrogen-bond acceptors (Lipinski definition) is 6. The molecule has 8 nitrogen and oxygen atoms in total. The Balaban J connectivity index is 1.60. The van der Waals surface area contributed by atoms with Crippen LogP contribution in [0, 0.1) is 17.3 Å². The van der Waals surface area contributed by atoms with Gasteiger partial charge in [-0.3, -0.25) is 14.2 Å². The summed E-state index contributed by atoms with van der Waals surface area (Å²) < 4.78 is 1.51. The molecule has 2 aliphatic carbocycles. The molecule has 1 atom stereocenters. The number of nitrogens with two attached hydrogens (primary N) is 1. The smallest absolute Gasteiger partial charge is 0.276 e. The van der Waals surface area contributed by atoms with Gasteiger partial charge in [-0.15, -0.1) is 5.11 Å². The van der Waals surface area contributed by atoms with Crippen LogP contribution >= 0.6 is 0 Å². The van der Waals surface area contributed by atoms with E-state index in [2.05, 4.69) is 34.4 Å². The van der Waals surface area contributed by atoms with E-state index in [1.165, 1.54) is 29.4 Å². The number of amides is 1. The first-order valence-electron chi connectivity index (χ1n) is 11.3. The van der Waals surface area contributed by atoms with Crippen molar-refractivity contribution in [3.05, 3.63) is 40.1 Å². The van der Waals surface area contributed by atoms with E-state index in [1.807, 2.05) is 0 Å². The first kappa shape index (κ1) is 22.1. The Bertz CT molecular complexity index is 1200. The van der Waals surface area contributed by atoms with Gasteiger partial charge < -0.3 is 16.4 Å². The van der Waals surface area contributed by atoms with Crippen LogP contribution in [0.25, 0.3) is 0 Å². The Kier molecular flexibility index (Phi) is 4.79. The van der Waals surface area contributed by atoms with E-state index in [0.29, 0.717) is 35.9 Å². The monoisotopic (exact) mass is 438 g/mol. The minimum atomic E-state index is -1.83. The molecule has 0 bridgehead atoms. The number of nitrogen functional groups attached to an aromatic ring is 1. The van der Waals surface area contributed by atoms with Crippen LogP contribution in [0.3, 0.4) is 0 Å². The second kappa shape index (κ2) is 7.14. The summed E-state index contributed by atoms with van der Waals surface area (Å²) in [7, 11) is 18.1. The molecule has 1 aliphatic heterocycles. The highest BCUT2D eigenvalue weighted by Gasteiger charge is 2.60. The van der Waals surface area contributed by atoms with Gasteiger partial charge in [0.1, 0.15) is 35.0 Å². The molecule has 2 fully saturated rings. The molecule has 3 heterocycles. The highest BCUT2D eigenvalue weighted by molar-refractivity contribution is 6.59. The van der Waals surface area contributed by atoms with E-state index >= 15 is 0 Å². The van der Waals surface area contributed by atoms with Crippen LogP contribution in [0.15, 0.2) is 23.3 Å². The average Bonchev–Trinajstić information content (AvgIpc) is 3.37. The van der Waals surface area contributed by atoms with Crippen molar-refractivity contribution in [2.24, 2.45) is 17.3 Å². The maximum absolute atomic E-state index is 13.7. The van der Waals surface area contributed by atoms with Crippen molar-refractivity contribution < 1.29 is 4.79 Å². The lowest BCUT2D eigenvalue weighted by atomic mass is 9.40. The summed E-state index contributed by atoms with van der Waals surface area (Å²) in [5.74, 6) is 1.50. The summed E-state index contributed by atoms with van der Waals surface area (Å²) in [4.78, 5) is 34.8. The third-order valence-corrected chi connectivity index (χ3v) is 7.74. The van der Waals surface area contributed by atoms with Crippen LogP contribution in [0.4, 0.5) is 17.3 Å². The molecular weight excluding hydrogens is 413 g/mol. The van der Waals surface area contributed by atoms with Gasteiger partial charge in [-0.05, 0) is 61.0 Å². The molecular formula is C22H25B3N6O2. The number of nitrogens with zero attached hydrogens (tertiary/aromatic N) is 3. The van der Waals surface area contributed by atoms with Crippen LogP contribution in [0.1, 0.15) is 62.0 Å². The summed E-state index contributed by atoms with van der Waals surface area (Å²) in [6, 6.07) is 2.92. The standard InChI is InChI=1S/C22H25B3N6O2/c1-11(2)13-9-20(13)3-5-21(6-4-20)30-18(32)17-12(22(23,24)25)7-14(19(33)31(17)21)29-16-8-15(26)27-10-28-16/h7-8,10-11,13H,3-6,9H2,1-2H3,(H,30,32)(H3,26,27,28,29). The topological polar surface area (TPSA) is 115 Å². The molecule has 11 heteroatoms. The van der Waals surface area contributed by atoms with Crippen molar-refractivity contribution >= 4 is 46.8 Å². The first-order valence-corrected chi connectivity index (χ1v) is 11.3. The van der Waals surface area contributed by atoms with E-state index in [9.17, 15) is 9.59 Å². The van der Waals surface area contributed by atoms with Crippen molar-refractivity contribution in [2.75, 3.05) is 11.1 Å². The number of nitrogens with one attached hydrogen (secondary N) is 2. The second-order valence-corrected chi connectivity index (χ2v) is 10.2. The number of carbonyl (C=O) groups excluding carboxylic acids is 1. The van der Waals surface area contributed by atoms with E-state index in [-0.39, 0.29) is 28.3 Å². The van der Waals surface area contributed by atoms with Gasteiger partial charge in [0.15, 0.2) is 0 Å². The van der Waals surface area contributed by atoms with Gasteiger partial charge in [0, 0.05) is 6.07 Å². The third kappa shape index (κ3) is 3.47. The Morgan fingerprint density at radius 2 is 1.88 bits per heavy atom. The lowest BCUT2D eigenvalue weighted by Crippen LogP contribution is -2.50. The predicted molar refractivity (Wildman–Crippen MR) is 129 cm³/mol. The summed E-state index contributed by atoms with van der Waals surface area (Å²) >= 11 is 0. The second-order valence-electron chi connectivity index (χ2n) is 10.2. The fourth-order valence-corrected chi connectivity index (χ4v) is 5.98. The van der Waals surface area contributed by atoms with Gasteiger partial charge in [-0.1, -0.05) is 13.8 Å². The Morgan fingerprint density at radius 3 is 2.45 bits per heavy atom. The molecule has 33 heavy (non-hydrogen) atoms. The number of pyridine rings is 1. The van der Waals surface area contributed by atoms with Crippen LogP contribution < -0.4 is 21.9 Å². The molecule has 2 aromatic heterocycles. The molecule has 1 unspecified atom stereocenters. The van der Waals surface area contributed by atoms with Crippen LogP contribution in [-0.2, 0) is 10.8 Å². The Hall–Kier alpha value is -2.71. The van der Waals surface area contributed by atoms with Crippen molar-refractivity contribution in [3.8, 4) is 0 Å². The van der Waals surface area contributed by atoms with Crippen molar-refractivity contribution in [3.63, 3.8) is 0 Å². The van der Waals surface area contributed by atoms with Crippen molar-refractivity contribution in [2.45, 2.75) is 56.7 Å². The molecule has 3 aliphatic rings. The van der Waals surface area contributed by atoms with Crippen LogP contribution in [-0.4, -0.2) is 44.0 Å². The van der Waals surface area contributed by atoms with Crippen molar-refractivity contribution in [1.82, 2.24) is 19.9 Å². The molecule has 6 radical (unpaired) electrons. The summed E-state index contributed by atoms with van der Waals surface area (Å²) in [6.07, 6.45) is 5.69. The zero-order chi connectivity index (χ0) is 23.8. The molecule has 0 saturated heterocycles. The summed E-state index contributed by atoms with van der Waals surface area (Å²) in [5, 5.41) is 4.22. The van der Waals surface area contributed by atoms with E-state index in [0.717, 1.165) is 12.8 Å². The Labute approximate surface area is 196 Å². The summed E-state index contributed by atoms with van der Waals surface area (Å²) in [6.45, 7) is 4.52. The molecule has 1 amide bonds. The first-order chi connectivity index (χ1) is 15.5. The lowest BCUT2D eigenvalue weighted by molar-refractivity contribution is 0.0797. The quantitative estimate of drug-likeness (QED) is 0.619. The zero-order valence-corrected chi connectivity index (χ0v) is 18.9. The third-order valence-electron chi connectivity index (χ3n) is 7.74. The van der Waals surface area contributed by atoms with Crippen molar-refractivity contribution in [1.29, 1.82) is 0 Å². The molecule has 5 rings (SSSR count). The number of carbonyl (C=O) groups is 1.